The van der Waals surface area contributed by atoms with Gasteiger partial charge in [0.15, 0.2) is 0 Å². The molecule has 0 aromatic heterocycles. The molecule has 1 heterocycles. The number of nitro groups is 1. The fraction of sp³-hybridized carbons (Fsp3) is 0.500. The summed E-state index contributed by atoms with van der Waals surface area (Å²) < 4.78 is 0. The molecule has 106 valence electrons. The van der Waals surface area contributed by atoms with Crippen LogP contribution in [0.1, 0.15) is 25.3 Å². The topological polar surface area (TPSA) is 96.2 Å². The summed E-state index contributed by atoms with van der Waals surface area (Å²) in [5.74, 6) is 0.328. The molecular formula is C14H18N4O2. The second-order valence-electron chi connectivity index (χ2n) is 5.11. The molecule has 1 fully saturated rings. The lowest BCUT2D eigenvalue weighted by Crippen LogP contribution is -2.47. The summed E-state index contributed by atoms with van der Waals surface area (Å²) in [6.45, 7) is 3.47. The van der Waals surface area contributed by atoms with Gasteiger partial charge in [-0.2, -0.15) is 5.26 Å². The van der Waals surface area contributed by atoms with Crippen molar-refractivity contribution in [2.45, 2.75) is 25.8 Å². The molecule has 2 unspecified atom stereocenters. The van der Waals surface area contributed by atoms with Gasteiger partial charge >= 0.3 is 5.69 Å². The number of rotatable bonds is 3. The van der Waals surface area contributed by atoms with E-state index in [-0.39, 0.29) is 17.3 Å². The SMILES string of the molecule is CCC1CN(c2cccc(C#N)c2[N+](=O)[O-])CCC1N. The van der Waals surface area contributed by atoms with Crippen LogP contribution < -0.4 is 10.6 Å². The van der Waals surface area contributed by atoms with Gasteiger partial charge in [-0.15, -0.1) is 0 Å². The third kappa shape index (κ3) is 2.58. The molecule has 2 N–H and O–H groups in total. The summed E-state index contributed by atoms with van der Waals surface area (Å²) in [5, 5.41) is 20.3. The van der Waals surface area contributed by atoms with E-state index in [0.717, 1.165) is 12.8 Å². The highest BCUT2D eigenvalue weighted by molar-refractivity contribution is 5.70. The number of nitrogens with zero attached hydrogens (tertiary/aromatic N) is 3. The number of hydrogen-bond acceptors (Lipinski definition) is 5. The molecular weight excluding hydrogens is 256 g/mol. The van der Waals surface area contributed by atoms with E-state index in [1.165, 1.54) is 6.07 Å². The smallest absolute Gasteiger partial charge is 0.310 e. The molecule has 1 aliphatic heterocycles. The van der Waals surface area contributed by atoms with Gasteiger partial charge in [0, 0.05) is 19.1 Å². The standard InChI is InChI=1S/C14H18N4O2/c1-2-10-9-17(7-6-12(10)16)13-5-3-4-11(8-15)14(13)18(19)20/h3-5,10,12H,2,6-7,9,16H2,1H3. The van der Waals surface area contributed by atoms with Gasteiger partial charge in [0.05, 0.1) is 4.92 Å². The molecule has 6 nitrogen and oxygen atoms in total. The molecule has 6 heteroatoms. The first-order chi connectivity index (χ1) is 9.58. The van der Waals surface area contributed by atoms with E-state index in [2.05, 4.69) is 6.92 Å². The fourth-order valence-electron chi connectivity index (χ4n) is 2.77. The van der Waals surface area contributed by atoms with Crippen molar-refractivity contribution in [1.82, 2.24) is 0 Å². The van der Waals surface area contributed by atoms with Crippen LogP contribution in [0.25, 0.3) is 0 Å². The van der Waals surface area contributed by atoms with Gasteiger partial charge in [-0.3, -0.25) is 10.1 Å². The normalized spacial score (nSPS) is 22.4. The van der Waals surface area contributed by atoms with E-state index < -0.39 is 4.92 Å². The Hall–Kier alpha value is -2.13. The molecule has 0 spiro atoms. The Morgan fingerprint density at radius 3 is 2.95 bits per heavy atom. The predicted molar refractivity (Wildman–Crippen MR) is 76.4 cm³/mol. The first-order valence-corrected chi connectivity index (χ1v) is 6.76. The number of hydrogen-bond donors (Lipinski definition) is 1. The lowest BCUT2D eigenvalue weighted by Gasteiger charge is -2.37. The molecule has 20 heavy (non-hydrogen) atoms. The fourth-order valence-corrected chi connectivity index (χ4v) is 2.77. The van der Waals surface area contributed by atoms with E-state index in [4.69, 9.17) is 11.0 Å². The highest BCUT2D eigenvalue weighted by Crippen LogP contribution is 2.34. The van der Waals surface area contributed by atoms with Crippen LogP contribution in [-0.2, 0) is 0 Å². The largest absolute Gasteiger partial charge is 0.366 e. The molecule has 1 aromatic carbocycles. The van der Waals surface area contributed by atoms with E-state index in [0.29, 0.717) is 24.7 Å². The van der Waals surface area contributed by atoms with Crippen molar-refractivity contribution in [2.24, 2.45) is 11.7 Å². The second-order valence-corrected chi connectivity index (χ2v) is 5.11. The molecule has 0 aliphatic carbocycles. The van der Waals surface area contributed by atoms with Gasteiger partial charge in [0.25, 0.3) is 0 Å². The highest BCUT2D eigenvalue weighted by atomic mass is 16.6. The third-order valence-corrected chi connectivity index (χ3v) is 3.98. The number of anilines is 1. The second kappa shape index (κ2) is 5.88. The van der Waals surface area contributed by atoms with Gasteiger partial charge in [-0.05, 0) is 24.5 Å². The zero-order valence-electron chi connectivity index (χ0n) is 11.5. The van der Waals surface area contributed by atoms with Crippen LogP contribution >= 0.6 is 0 Å². The Labute approximate surface area is 117 Å². The van der Waals surface area contributed by atoms with Crippen molar-refractivity contribution in [2.75, 3.05) is 18.0 Å². The Balaban J connectivity index is 2.38. The summed E-state index contributed by atoms with van der Waals surface area (Å²) >= 11 is 0. The Bertz CT molecular complexity index is 553. The van der Waals surface area contributed by atoms with Crippen LogP contribution in [-0.4, -0.2) is 24.1 Å². The number of nitriles is 1. The number of nitrogens with two attached hydrogens (primary N) is 1. The zero-order valence-corrected chi connectivity index (χ0v) is 11.5. The van der Waals surface area contributed by atoms with Crippen LogP contribution in [0.3, 0.4) is 0 Å². The molecule has 0 bridgehead atoms. The molecule has 2 atom stereocenters. The van der Waals surface area contributed by atoms with Crippen molar-refractivity contribution < 1.29 is 4.92 Å². The van der Waals surface area contributed by atoms with E-state index in [1.54, 1.807) is 12.1 Å². The maximum atomic E-state index is 11.3. The zero-order chi connectivity index (χ0) is 14.7. The van der Waals surface area contributed by atoms with Crippen molar-refractivity contribution in [3.63, 3.8) is 0 Å². The predicted octanol–water partition coefficient (Wildman–Crippen LogP) is 2.03. The quantitative estimate of drug-likeness (QED) is 0.672. The van der Waals surface area contributed by atoms with Crippen LogP contribution in [0.4, 0.5) is 11.4 Å². The van der Waals surface area contributed by atoms with E-state index >= 15 is 0 Å². The molecule has 2 rings (SSSR count). The van der Waals surface area contributed by atoms with E-state index in [1.807, 2.05) is 11.0 Å². The average molecular weight is 274 g/mol. The highest BCUT2D eigenvalue weighted by Gasteiger charge is 2.30. The Kier molecular flexibility index (Phi) is 4.20. The number of nitro benzene ring substituents is 1. The van der Waals surface area contributed by atoms with Crippen molar-refractivity contribution in [3.8, 4) is 6.07 Å². The first kappa shape index (κ1) is 14.3. The summed E-state index contributed by atoms with van der Waals surface area (Å²) in [5.41, 5.74) is 6.61. The number of piperidine rings is 1. The van der Waals surface area contributed by atoms with E-state index in [9.17, 15) is 10.1 Å². The molecule has 0 amide bonds. The average Bonchev–Trinajstić information content (AvgIpc) is 2.46. The minimum Gasteiger partial charge on any atom is -0.366 e. The maximum absolute atomic E-state index is 11.3. The minimum absolute atomic E-state index is 0.0969. The van der Waals surface area contributed by atoms with Crippen molar-refractivity contribution >= 4 is 11.4 Å². The first-order valence-electron chi connectivity index (χ1n) is 6.76. The van der Waals surface area contributed by atoms with Gasteiger partial charge in [0.1, 0.15) is 17.3 Å². The monoisotopic (exact) mass is 274 g/mol. The Morgan fingerprint density at radius 1 is 1.60 bits per heavy atom. The van der Waals surface area contributed by atoms with Gasteiger partial charge in [-0.1, -0.05) is 19.4 Å². The molecule has 0 saturated carbocycles. The summed E-state index contributed by atoms with van der Waals surface area (Å²) in [4.78, 5) is 12.8. The van der Waals surface area contributed by atoms with Gasteiger partial charge in [-0.25, -0.2) is 0 Å². The number of para-hydroxylation sites is 1. The number of benzene rings is 1. The lowest BCUT2D eigenvalue weighted by atomic mass is 9.90. The van der Waals surface area contributed by atoms with Gasteiger partial charge in [0.2, 0.25) is 0 Å². The van der Waals surface area contributed by atoms with Crippen LogP contribution in [0.15, 0.2) is 18.2 Å². The minimum atomic E-state index is -0.469. The van der Waals surface area contributed by atoms with Crippen LogP contribution in [0.5, 0.6) is 0 Å². The van der Waals surface area contributed by atoms with Gasteiger partial charge < -0.3 is 10.6 Å². The molecule has 1 saturated heterocycles. The van der Waals surface area contributed by atoms with Crippen LogP contribution in [0, 0.1) is 27.4 Å². The molecule has 1 aliphatic rings. The molecule has 0 radical (unpaired) electrons. The maximum Gasteiger partial charge on any atom is 0.310 e. The summed E-state index contributed by atoms with van der Waals surface area (Å²) in [6.07, 6.45) is 1.76. The Morgan fingerprint density at radius 2 is 2.35 bits per heavy atom. The van der Waals surface area contributed by atoms with Crippen molar-refractivity contribution in [3.05, 3.63) is 33.9 Å². The third-order valence-electron chi connectivity index (χ3n) is 3.98. The lowest BCUT2D eigenvalue weighted by molar-refractivity contribution is -0.384. The van der Waals surface area contributed by atoms with Crippen molar-refractivity contribution in [1.29, 1.82) is 5.26 Å². The molecule has 1 aromatic rings. The summed E-state index contributed by atoms with van der Waals surface area (Å²) in [7, 11) is 0. The van der Waals surface area contributed by atoms with Crippen LogP contribution in [0.2, 0.25) is 0 Å². The summed E-state index contributed by atoms with van der Waals surface area (Å²) in [6, 6.07) is 6.93.